The van der Waals surface area contributed by atoms with E-state index in [2.05, 4.69) is 10.2 Å². The van der Waals surface area contributed by atoms with Gasteiger partial charge in [-0.3, -0.25) is 4.57 Å². The maximum atomic E-state index is 11.6. The van der Waals surface area contributed by atoms with Crippen LogP contribution in [0.3, 0.4) is 0 Å². The maximum absolute atomic E-state index is 11.6. The van der Waals surface area contributed by atoms with Crippen molar-refractivity contribution in [3.05, 3.63) is 46.4 Å². The van der Waals surface area contributed by atoms with Gasteiger partial charge >= 0.3 is 5.69 Å². The molecule has 0 bridgehead atoms. The van der Waals surface area contributed by atoms with Crippen LogP contribution in [0, 0.1) is 0 Å². The summed E-state index contributed by atoms with van der Waals surface area (Å²) in [4.78, 5) is 11.6. The average molecular weight is 278 g/mol. The molecule has 1 aromatic heterocycles. The number of aromatic amines is 1. The highest BCUT2D eigenvalue weighted by molar-refractivity contribution is 7.99. The Balaban J connectivity index is 2.29. The minimum absolute atomic E-state index is 0.0375. The number of nitrogens with zero attached hydrogens (tertiary/aromatic N) is 2. The van der Waals surface area contributed by atoms with Crippen molar-refractivity contribution in [2.45, 2.75) is 36.8 Å². The van der Waals surface area contributed by atoms with Gasteiger partial charge in [-0.15, -0.1) is 5.10 Å². The summed E-state index contributed by atoms with van der Waals surface area (Å²) in [6, 6.07) is 10.0. The Morgan fingerprint density at radius 2 is 2.11 bits per heavy atom. The van der Waals surface area contributed by atoms with Crippen LogP contribution in [0.15, 0.2) is 40.3 Å². The zero-order chi connectivity index (χ0) is 13.8. The van der Waals surface area contributed by atoms with Crippen molar-refractivity contribution in [1.82, 2.24) is 14.8 Å². The SMILES string of the molecule is CCn1c(SC(c2ccccc2)C(C)N)n[nH]c1=O. The number of hydrogen-bond donors (Lipinski definition) is 2. The van der Waals surface area contributed by atoms with Gasteiger partial charge in [0.1, 0.15) is 0 Å². The smallest absolute Gasteiger partial charge is 0.327 e. The molecule has 1 aromatic carbocycles. The van der Waals surface area contributed by atoms with E-state index in [-0.39, 0.29) is 17.0 Å². The molecule has 0 aliphatic carbocycles. The van der Waals surface area contributed by atoms with Gasteiger partial charge in [-0.25, -0.2) is 9.89 Å². The fourth-order valence-corrected chi connectivity index (χ4v) is 3.08. The van der Waals surface area contributed by atoms with E-state index in [9.17, 15) is 4.79 Å². The fraction of sp³-hybridized carbons (Fsp3) is 0.385. The number of benzene rings is 1. The van der Waals surface area contributed by atoms with E-state index < -0.39 is 0 Å². The van der Waals surface area contributed by atoms with E-state index in [1.165, 1.54) is 11.8 Å². The van der Waals surface area contributed by atoms with Crippen molar-refractivity contribution in [2.75, 3.05) is 0 Å². The van der Waals surface area contributed by atoms with Gasteiger partial charge in [0.2, 0.25) is 0 Å². The molecule has 5 nitrogen and oxygen atoms in total. The summed E-state index contributed by atoms with van der Waals surface area (Å²) >= 11 is 1.52. The Hall–Kier alpha value is -1.53. The van der Waals surface area contributed by atoms with E-state index >= 15 is 0 Å². The van der Waals surface area contributed by atoms with Crippen LogP contribution in [0.2, 0.25) is 0 Å². The number of nitrogens with one attached hydrogen (secondary N) is 1. The zero-order valence-electron chi connectivity index (χ0n) is 11.0. The minimum Gasteiger partial charge on any atom is -0.327 e. The summed E-state index contributed by atoms with van der Waals surface area (Å²) in [6.45, 7) is 4.48. The third-order valence-corrected chi connectivity index (χ3v) is 4.36. The highest BCUT2D eigenvalue weighted by Crippen LogP contribution is 2.35. The molecule has 19 heavy (non-hydrogen) atoms. The topological polar surface area (TPSA) is 76.7 Å². The molecule has 1 heterocycles. The predicted molar refractivity (Wildman–Crippen MR) is 77.2 cm³/mol. The van der Waals surface area contributed by atoms with Crippen molar-refractivity contribution in [1.29, 1.82) is 0 Å². The Morgan fingerprint density at radius 1 is 1.42 bits per heavy atom. The summed E-state index contributed by atoms with van der Waals surface area (Å²) < 4.78 is 1.61. The van der Waals surface area contributed by atoms with Crippen LogP contribution < -0.4 is 11.4 Å². The molecule has 6 heteroatoms. The number of rotatable bonds is 5. The molecule has 2 rings (SSSR count). The molecule has 0 saturated carbocycles. The third-order valence-electron chi connectivity index (χ3n) is 2.88. The second-order valence-corrected chi connectivity index (χ2v) is 5.47. The predicted octanol–water partition coefficient (Wildman–Crippen LogP) is 1.77. The molecular formula is C13H18N4OS. The van der Waals surface area contributed by atoms with Gasteiger partial charge in [0.15, 0.2) is 5.16 Å². The summed E-state index contributed by atoms with van der Waals surface area (Å²) in [5, 5.41) is 7.30. The Bertz CT molecular complexity index is 576. The second-order valence-electron chi connectivity index (χ2n) is 4.36. The highest BCUT2D eigenvalue weighted by atomic mass is 32.2. The van der Waals surface area contributed by atoms with Crippen molar-refractivity contribution >= 4 is 11.8 Å². The molecule has 0 amide bonds. The number of nitrogens with two attached hydrogens (primary N) is 1. The summed E-state index contributed by atoms with van der Waals surface area (Å²) in [7, 11) is 0. The summed E-state index contributed by atoms with van der Waals surface area (Å²) in [5.41, 5.74) is 7.03. The quantitative estimate of drug-likeness (QED) is 0.817. The van der Waals surface area contributed by atoms with Gasteiger partial charge in [0.05, 0.1) is 5.25 Å². The van der Waals surface area contributed by atoms with Crippen LogP contribution >= 0.6 is 11.8 Å². The molecule has 102 valence electrons. The molecule has 0 spiro atoms. The molecule has 0 aliphatic rings. The van der Waals surface area contributed by atoms with Crippen LogP contribution in [-0.4, -0.2) is 20.8 Å². The Kier molecular flexibility index (Phi) is 4.44. The van der Waals surface area contributed by atoms with E-state index in [4.69, 9.17) is 5.73 Å². The number of aromatic nitrogens is 3. The molecule has 0 aliphatic heterocycles. The number of hydrogen-bond acceptors (Lipinski definition) is 4. The molecule has 0 fully saturated rings. The Morgan fingerprint density at radius 3 is 2.68 bits per heavy atom. The average Bonchev–Trinajstić information content (AvgIpc) is 2.77. The van der Waals surface area contributed by atoms with Crippen molar-refractivity contribution in [2.24, 2.45) is 5.73 Å². The zero-order valence-corrected chi connectivity index (χ0v) is 11.9. The van der Waals surface area contributed by atoms with E-state index in [0.29, 0.717) is 11.7 Å². The number of H-pyrrole nitrogens is 1. The lowest BCUT2D eigenvalue weighted by Gasteiger charge is -2.20. The Labute approximate surface area is 116 Å². The second kappa shape index (κ2) is 6.08. The van der Waals surface area contributed by atoms with Gasteiger partial charge in [0, 0.05) is 12.6 Å². The lowest BCUT2D eigenvalue weighted by atomic mass is 10.1. The van der Waals surface area contributed by atoms with Crippen LogP contribution in [0.25, 0.3) is 0 Å². The standard InChI is InChI=1S/C13H18N4OS/c1-3-17-12(18)15-16-13(17)19-11(9(2)14)10-7-5-4-6-8-10/h4-9,11H,3,14H2,1-2H3,(H,15,18). The van der Waals surface area contributed by atoms with E-state index in [0.717, 1.165) is 5.56 Å². The largest absolute Gasteiger partial charge is 0.343 e. The first-order chi connectivity index (χ1) is 9.13. The van der Waals surface area contributed by atoms with Crippen molar-refractivity contribution < 1.29 is 0 Å². The molecule has 2 atom stereocenters. The van der Waals surface area contributed by atoms with Crippen LogP contribution in [-0.2, 0) is 6.54 Å². The van der Waals surface area contributed by atoms with Gasteiger partial charge in [-0.05, 0) is 19.4 Å². The lowest BCUT2D eigenvalue weighted by Crippen LogP contribution is -2.23. The van der Waals surface area contributed by atoms with Gasteiger partial charge in [0.25, 0.3) is 0 Å². The van der Waals surface area contributed by atoms with Gasteiger partial charge < -0.3 is 5.73 Å². The fourth-order valence-electron chi connectivity index (χ4n) is 1.91. The van der Waals surface area contributed by atoms with E-state index in [1.54, 1.807) is 4.57 Å². The monoisotopic (exact) mass is 278 g/mol. The molecule has 0 saturated heterocycles. The molecular weight excluding hydrogens is 260 g/mol. The van der Waals surface area contributed by atoms with Crippen LogP contribution in [0.4, 0.5) is 0 Å². The first-order valence-corrected chi connectivity index (χ1v) is 7.13. The van der Waals surface area contributed by atoms with Crippen molar-refractivity contribution in [3.8, 4) is 0 Å². The highest BCUT2D eigenvalue weighted by Gasteiger charge is 2.20. The van der Waals surface area contributed by atoms with Gasteiger partial charge in [-0.1, -0.05) is 42.1 Å². The maximum Gasteiger partial charge on any atom is 0.343 e. The molecule has 2 unspecified atom stereocenters. The van der Waals surface area contributed by atoms with Crippen LogP contribution in [0.5, 0.6) is 0 Å². The van der Waals surface area contributed by atoms with Crippen molar-refractivity contribution in [3.63, 3.8) is 0 Å². The van der Waals surface area contributed by atoms with Crippen LogP contribution in [0.1, 0.15) is 24.7 Å². The first-order valence-electron chi connectivity index (χ1n) is 6.26. The summed E-state index contributed by atoms with van der Waals surface area (Å²) in [5.74, 6) is 0. The number of thioether (sulfide) groups is 1. The molecule has 0 radical (unpaired) electrons. The summed E-state index contributed by atoms with van der Waals surface area (Å²) in [6.07, 6.45) is 0. The minimum atomic E-state index is -0.179. The molecule has 2 aromatic rings. The third kappa shape index (κ3) is 3.08. The molecule has 3 N–H and O–H groups in total. The first kappa shape index (κ1) is 13.9. The lowest BCUT2D eigenvalue weighted by molar-refractivity contribution is 0.652. The van der Waals surface area contributed by atoms with E-state index in [1.807, 2.05) is 44.2 Å². The van der Waals surface area contributed by atoms with Gasteiger partial charge in [-0.2, -0.15) is 0 Å². The normalized spacial score (nSPS) is 14.3.